The van der Waals surface area contributed by atoms with E-state index >= 15 is 0 Å². The summed E-state index contributed by atoms with van der Waals surface area (Å²) >= 11 is 0. The van der Waals surface area contributed by atoms with Gasteiger partial charge in [0, 0.05) is 49.7 Å². The van der Waals surface area contributed by atoms with E-state index in [1.165, 1.54) is 0 Å². The number of pyridine rings is 1. The Labute approximate surface area is 187 Å². The Kier molecular flexibility index (Phi) is 5.57. The molecule has 0 unspecified atom stereocenters. The molecule has 5 rings (SSSR count). The first kappa shape index (κ1) is 20.6. The van der Waals surface area contributed by atoms with E-state index in [-0.39, 0.29) is 17.9 Å². The highest BCUT2D eigenvalue weighted by atomic mass is 16.7. The number of nitrogens with zero attached hydrogens (tertiary/aromatic N) is 7. The van der Waals surface area contributed by atoms with Gasteiger partial charge < -0.3 is 4.90 Å². The molecular weight excluding hydrogens is 406 g/mol. The second kappa shape index (κ2) is 8.66. The van der Waals surface area contributed by atoms with Gasteiger partial charge in [-0.1, -0.05) is 6.07 Å². The fourth-order valence-electron chi connectivity index (χ4n) is 4.35. The molecular formula is C23H27N7O2. The minimum atomic E-state index is -0.0596. The topological polar surface area (TPSA) is 89.3 Å². The Morgan fingerprint density at radius 1 is 1.06 bits per heavy atom. The number of piperidine rings is 1. The third kappa shape index (κ3) is 4.08. The Hall–Kier alpha value is -3.33. The average Bonchev–Trinajstić information content (AvgIpc) is 3.49. The quantitative estimate of drug-likeness (QED) is 0.625. The molecule has 2 aliphatic heterocycles. The summed E-state index contributed by atoms with van der Waals surface area (Å²) in [5.41, 5.74) is 3.05. The third-order valence-electron chi connectivity index (χ3n) is 6.15. The Bertz CT molecular complexity index is 1090. The van der Waals surface area contributed by atoms with Crippen molar-refractivity contribution < 1.29 is 9.63 Å². The van der Waals surface area contributed by atoms with Gasteiger partial charge in [0.25, 0.3) is 5.95 Å². The van der Waals surface area contributed by atoms with Crippen LogP contribution in [0.2, 0.25) is 0 Å². The first-order valence-electron chi connectivity index (χ1n) is 11.1. The van der Waals surface area contributed by atoms with E-state index in [1.54, 1.807) is 22.1 Å². The van der Waals surface area contributed by atoms with Gasteiger partial charge in [0.05, 0.1) is 18.8 Å². The summed E-state index contributed by atoms with van der Waals surface area (Å²) in [4.78, 5) is 34.6. The van der Waals surface area contributed by atoms with Crippen molar-refractivity contribution in [3.8, 4) is 5.95 Å². The zero-order chi connectivity index (χ0) is 22.1. The highest BCUT2D eigenvalue weighted by Gasteiger charge is 2.37. The molecule has 5 heterocycles. The van der Waals surface area contributed by atoms with Crippen molar-refractivity contribution in [2.24, 2.45) is 5.92 Å². The predicted octanol–water partition coefficient (Wildman–Crippen LogP) is 2.80. The summed E-state index contributed by atoms with van der Waals surface area (Å²) in [6.45, 7) is 6.02. The van der Waals surface area contributed by atoms with E-state index in [4.69, 9.17) is 4.84 Å². The molecule has 0 bridgehead atoms. The van der Waals surface area contributed by atoms with Crippen molar-refractivity contribution in [1.82, 2.24) is 29.8 Å². The molecule has 1 amide bonds. The number of amides is 1. The predicted molar refractivity (Wildman–Crippen MR) is 118 cm³/mol. The van der Waals surface area contributed by atoms with Gasteiger partial charge in [-0.2, -0.15) is 10.1 Å². The van der Waals surface area contributed by atoms with Gasteiger partial charge in [-0.3, -0.25) is 14.6 Å². The highest BCUT2D eigenvalue weighted by molar-refractivity contribution is 5.79. The van der Waals surface area contributed by atoms with E-state index in [2.05, 4.69) is 25.0 Å². The lowest BCUT2D eigenvalue weighted by Gasteiger charge is -2.34. The smallest absolute Gasteiger partial charge is 0.252 e. The van der Waals surface area contributed by atoms with E-state index in [1.807, 2.05) is 44.4 Å². The number of carbonyl (C=O) groups is 1. The van der Waals surface area contributed by atoms with Crippen LogP contribution in [0.25, 0.3) is 5.95 Å². The van der Waals surface area contributed by atoms with Crippen LogP contribution in [0.15, 0.2) is 43.0 Å². The van der Waals surface area contributed by atoms with E-state index < -0.39 is 0 Å². The lowest BCUT2D eigenvalue weighted by atomic mass is 9.94. The number of aromatic nitrogens is 5. The Morgan fingerprint density at radius 2 is 1.91 bits per heavy atom. The van der Waals surface area contributed by atoms with Gasteiger partial charge in [-0.15, -0.1) is 0 Å². The molecule has 166 valence electrons. The van der Waals surface area contributed by atoms with Crippen LogP contribution in [0.4, 0.5) is 5.82 Å². The minimum Gasteiger partial charge on any atom is -0.356 e. The monoisotopic (exact) mass is 433 g/mol. The van der Waals surface area contributed by atoms with Crippen molar-refractivity contribution in [1.29, 1.82) is 0 Å². The average molecular weight is 434 g/mol. The lowest BCUT2D eigenvalue weighted by Crippen LogP contribution is -2.42. The number of hydrogen-bond donors (Lipinski definition) is 0. The molecule has 0 aromatic carbocycles. The molecule has 2 fully saturated rings. The van der Waals surface area contributed by atoms with Gasteiger partial charge in [0.15, 0.2) is 0 Å². The molecule has 0 spiro atoms. The standard InChI is InChI=1S/C23H27N7O2/c1-16-13-26-29(15-16)23-24-9-5-21(27-23)28-10-6-18(7-11-28)22(31)30-20(8-12-32-30)19-4-3-17(2)25-14-19/h3-5,9,13-15,18,20H,6-8,10-12H2,1-2H3/t20-/m0/s1. The van der Waals surface area contributed by atoms with Crippen molar-refractivity contribution >= 4 is 11.7 Å². The summed E-state index contributed by atoms with van der Waals surface area (Å²) < 4.78 is 1.68. The maximum atomic E-state index is 13.3. The van der Waals surface area contributed by atoms with Crippen LogP contribution >= 0.6 is 0 Å². The molecule has 9 nitrogen and oxygen atoms in total. The molecule has 2 saturated heterocycles. The summed E-state index contributed by atoms with van der Waals surface area (Å²) in [7, 11) is 0. The van der Waals surface area contributed by atoms with Gasteiger partial charge in [0.2, 0.25) is 5.91 Å². The molecule has 2 aliphatic rings. The summed E-state index contributed by atoms with van der Waals surface area (Å²) in [5.74, 6) is 1.42. The van der Waals surface area contributed by atoms with Crippen LogP contribution in [0.1, 0.15) is 42.1 Å². The van der Waals surface area contributed by atoms with Crippen molar-refractivity contribution in [3.05, 3.63) is 59.8 Å². The highest BCUT2D eigenvalue weighted by Crippen LogP contribution is 2.33. The second-order valence-electron chi connectivity index (χ2n) is 8.47. The van der Waals surface area contributed by atoms with E-state index in [9.17, 15) is 4.79 Å². The molecule has 1 atom stereocenters. The number of aryl methyl sites for hydroxylation is 2. The third-order valence-corrected chi connectivity index (χ3v) is 6.15. The maximum absolute atomic E-state index is 13.3. The fraction of sp³-hybridized carbons (Fsp3) is 0.435. The van der Waals surface area contributed by atoms with Crippen molar-refractivity contribution in [2.75, 3.05) is 24.6 Å². The Morgan fingerprint density at radius 3 is 2.62 bits per heavy atom. The van der Waals surface area contributed by atoms with Crippen LogP contribution in [0, 0.1) is 19.8 Å². The van der Waals surface area contributed by atoms with Crippen LogP contribution in [0.3, 0.4) is 0 Å². The Balaban J connectivity index is 1.24. The summed E-state index contributed by atoms with van der Waals surface area (Å²) in [5, 5.41) is 5.89. The summed E-state index contributed by atoms with van der Waals surface area (Å²) in [6, 6.07) is 5.87. The van der Waals surface area contributed by atoms with Crippen LogP contribution in [0.5, 0.6) is 0 Å². The second-order valence-corrected chi connectivity index (χ2v) is 8.47. The van der Waals surface area contributed by atoms with Crippen molar-refractivity contribution in [2.45, 2.75) is 39.2 Å². The van der Waals surface area contributed by atoms with Crippen LogP contribution < -0.4 is 4.90 Å². The first-order chi connectivity index (χ1) is 15.6. The minimum absolute atomic E-state index is 0.0552. The molecule has 3 aromatic rings. The molecule has 0 aliphatic carbocycles. The number of rotatable bonds is 4. The zero-order valence-electron chi connectivity index (χ0n) is 18.4. The van der Waals surface area contributed by atoms with Gasteiger partial charge in [-0.05, 0) is 49.9 Å². The lowest BCUT2D eigenvalue weighted by molar-refractivity contribution is -0.182. The molecule has 9 heteroatoms. The van der Waals surface area contributed by atoms with Gasteiger partial charge in [-0.25, -0.2) is 14.7 Å². The summed E-state index contributed by atoms with van der Waals surface area (Å²) in [6.07, 6.45) is 9.62. The molecule has 3 aromatic heterocycles. The maximum Gasteiger partial charge on any atom is 0.252 e. The number of anilines is 1. The van der Waals surface area contributed by atoms with Crippen LogP contribution in [-0.2, 0) is 9.63 Å². The van der Waals surface area contributed by atoms with E-state index in [0.29, 0.717) is 12.6 Å². The van der Waals surface area contributed by atoms with Crippen molar-refractivity contribution in [3.63, 3.8) is 0 Å². The molecule has 0 radical (unpaired) electrons. The largest absolute Gasteiger partial charge is 0.356 e. The SMILES string of the molecule is Cc1cnn(-c2nccc(N3CCC(C(=O)N4OCC[C@H]4c4ccc(C)nc4)CC3)n2)c1. The normalized spacial score (nSPS) is 19.5. The molecule has 0 N–H and O–H groups in total. The number of hydroxylamine groups is 2. The number of carbonyl (C=O) groups excluding carboxylic acids is 1. The first-order valence-corrected chi connectivity index (χ1v) is 11.1. The number of hydrogen-bond acceptors (Lipinski definition) is 7. The zero-order valence-corrected chi connectivity index (χ0v) is 18.4. The van der Waals surface area contributed by atoms with Gasteiger partial charge in [0.1, 0.15) is 5.82 Å². The molecule has 32 heavy (non-hydrogen) atoms. The molecule has 0 saturated carbocycles. The van der Waals surface area contributed by atoms with Gasteiger partial charge >= 0.3 is 0 Å². The fourth-order valence-corrected chi connectivity index (χ4v) is 4.35. The van der Waals surface area contributed by atoms with E-state index in [0.717, 1.165) is 55.0 Å². The van der Waals surface area contributed by atoms with Crippen LogP contribution in [-0.4, -0.2) is 55.4 Å².